The number of carbonyl (C=O) groups is 1. The van der Waals surface area contributed by atoms with Gasteiger partial charge in [0.05, 0.1) is 0 Å². The third-order valence-corrected chi connectivity index (χ3v) is 2.48. The Morgan fingerprint density at radius 3 is 2.61 bits per heavy atom. The van der Waals surface area contributed by atoms with Gasteiger partial charge in [0.25, 0.3) is 0 Å². The van der Waals surface area contributed by atoms with Crippen LogP contribution in [0.25, 0.3) is 0 Å². The molecule has 0 N–H and O–H groups in total. The van der Waals surface area contributed by atoms with Crippen molar-refractivity contribution in [3.63, 3.8) is 0 Å². The topological polar surface area (TPSA) is 26.3 Å². The lowest BCUT2D eigenvalue weighted by atomic mass is 10.1. The Labute approximate surface area is 103 Å². The molecule has 2 nitrogen and oxygen atoms in total. The van der Waals surface area contributed by atoms with Crippen molar-refractivity contribution in [2.45, 2.75) is 6.92 Å². The van der Waals surface area contributed by atoms with Gasteiger partial charge in [-0.05, 0) is 30.7 Å². The molecule has 0 unspecified atom stereocenters. The van der Waals surface area contributed by atoms with Gasteiger partial charge in [-0.2, -0.15) is 4.39 Å². The van der Waals surface area contributed by atoms with Crippen molar-refractivity contribution in [1.29, 1.82) is 0 Å². The normalized spacial score (nSPS) is 10.2. The average molecular weight is 248 g/mol. The summed E-state index contributed by atoms with van der Waals surface area (Å²) in [6.45, 7) is 1.75. The van der Waals surface area contributed by atoms with E-state index in [1.807, 2.05) is 0 Å². The SMILES string of the molecule is Cc1ccc(C=O)cc1Oc1cccc(F)c1F. The van der Waals surface area contributed by atoms with Crippen LogP contribution in [0, 0.1) is 18.6 Å². The molecule has 0 saturated heterocycles. The van der Waals surface area contributed by atoms with Gasteiger partial charge in [0.15, 0.2) is 11.6 Å². The number of carbonyl (C=O) groups excluding carboxylic acids is 1. The van der Waals surface area contributed by atoms with Crippen LogP contribution in [0.4, 0.5) is 8.78 Å². The molecule has 2 aromatic carbocycles. The van der Waals surface area contributed by atoms with E-state index >= 15 is 0 Å². The Morgan fingerprint density at radius 2 is 1.89 bits per heavy atom. The first kappa shape index (κ1) is 12.2. The Balaban J connectivity index is 2.39. The molecule has 0 aliphatic heterocycles. The molecule has 0 atom stereocenters. The van der Waals surface area contributed by atoms with Gasteiger partial charge in [0.1, 0.15) is 12.0 Å². The summed E-state index contributed by atoms with van der Waals surface area (Å²) < 4.78 is 31.7. The quantitative estimate of drug-likeness (QED) is 0.770. The summed E-state index contributed by atoms with van der Waals surface area (Å²) in [5.74, 6) is -1.91. The van der Waals surface area contributed by atoms with E-state index in [4.69, 9.17) is 4.74 Å². The first-order chi connectivity index (χ1) is 8.61. The highest BCUT2D eigenvalue weighted by molar-refractivity contribution is 5.75. The molecule has 0 aliphatic rings. The van der Waals surface area contributed by atoms with Gasteiger partial charge in [-0.15, -0.1) is 0 Å². The number of aldehydes is 1. The first-order valence-electron chi connectivity index (χ1n) is 5.29. The number of benzene rings is 2. The number of rotatable bonds is 3. The fourth-order valence-electron chi connectivity index (χ4n) is 1.48. The van der Waals surface area contributed by atoms with Gasteiger partial charge in [-0.25, -0.2) is 4.39 Å². The monoisotopic (exact) mass is 248 g/mol. The summed E-state index contributed by atoms with van der Waals surface area (Å²) >= 11 is 0. The molecule has 0 heterocycles. The van der Waals surface area contributed by atoms with Crippen molar-refractivity contribution in [3.8, 4) is 11.5 Å². The van der Waals surface area contributed by atoms with Crippen LogP contribution < -0.4 is 4.74 Å². The molecular weight excluding hydrogens is 238 g/mol. The fraction of sp³-hybridized carbons (Fsp3) is 0.0714. The van der Waals surface area contributed by atoms with Gasteiger partial charge >= 0.3 is 0 Å². The second kappa shape index (κ2) is 4.96. The zero-order chi connectivity index (χ0) is 13.1. The van der Waals surface area contributed by atoms with E-state index in [0.29, 0.717) is 17.6 Å². The predicted molar refractivity (Wildman–Crippen MR) is 63.0 cm³/mol. The second-order valence-electron chi connectivity index (χ2n) is 3.80. The van der Waals surface area contributed by atoms with E-state index in [9.17, 15) is 13.6 Å². The van der Waals surface area contributed by atoms with Crippen LogP contribution >= 0.6 is 0 Å². The zero-order valence-corrected chi connectivity index (χ0v) is 9.61. The molecule has 0 fully saturated rings. The number of hydrogen-bond acceptors (Lipinski definition) is 2. The van der Waals surface area contributed by atoms with Crippen LogP contribution in [0.1, 0.15) is 15.9 Å². The second-order valence-corrected chi connectivity index (χ2v) is 3.80. The van der Waals surface area contributed by atoms with Crippen LogP contribution in [0.2, 0.25) is 0 Å². The van der Waals surface area contributed by atoms with Crippen LogP contribution in [0.15, 0.2) is 36.4 Å². The van der Waals surface area contributed by atoms with Crippen molar-refractivity contribution in [1.82, 2.24) is 0 Å². The predicted octanol–water partition coefficient (Wildman–Crippen LogP) is 3.88. The maximum Gasteiger partial charge on any atom is 0.201 e. The summed E-state index contributed by atoms with van der Waals surface area (Å²) in [7, 11) is 0. The summed E-state index contributed by atoms with van der Waals surface area (Å²) in [6.07, 6.45) is 0.661. The van der Waals surface area contributed by atoms with E-state index in [-0.39, 0.29) is 5.75 Å². The molecule has 0 radical (unpaired) electrons. The maximum atomic E-state index is 13.4. The minimum atomic E-state index is -1.05. The Bertz CT molecular complexity index is 594. The van der Waals surface area contributed by atoms with Crippen molar-refractivity contribution in [2.24, 2.45) is 0 Å². The smallest absolute Gasteiger partial charge is 0.201 e. The van der Waals surface area contributed by atoms with Crippen LogP contribution in [0.3, 0.4) is 0 Å². The summed E-state index contributed by atoms with van der Waals surface area (Å²) in [4.78, 5) is 10.7. The van der Waals surface area contributed by atoms with Gasteiger partial charge in [-0.1, -0.05) is 18.2 Å². The average Bonchev–Trinajstić information content (AvgIpc) is 2.37. The highest BCUT2D eigenvalue weighted by Crippen LogP contribution is 2.28. The van der Waals surface area contributed by atoms with Crippen molar-refractivity contribution in [2.75, 3.05) is 0 Å². The molecule has 0 bridgehead atoms. The molecule has 0 aromatic heterocycles. The molecule has 92 valence electrons. The Kier molecular flexibility index (Phi) is 3.37. The third kappa shape index (κ3) is 2.37. The molecule has 2 rings (SSSR count). The van der Waals surface area contributed by atoms with Crippen molar-refractivity contribution in [3.05, 3.63) is 59.2 Å². The van der Waals surface area contributed by atoms with Gasteiger partial charge in [0.2, 0.25) is 5.82 Å². The lowest BCUT2D eigenvalue weighted by Gasteiger charge is -2.10. The third-order valence-electron chi connectivity index (χ3n) is 2.48. The Hall–Kier alpha value is -2.23. The van der Waals surface area contributed by atoms with Crippen LogP contribution in [0.5, 0.6) is 11.5 Å². The molecule has 0 aliphatic carbocycles. The lowest BCUT2D eigenvalue weighted by Crippen LogP contribution is -1.94. The molecule has 0 saturated carbocycles. The number of ether oxygens (including phenoxy) is 1. The number of hydrogen-bond donors (Lipinski definition) is 0. The van der Waals surface area contributed by atoms with Gasteiger partial charge in [0, 0.05) is 5.56 Å². The molecular formula is C14H10F2O2. The minimum Gasteiger partial charge on any atom is -0.454 e. The van der Waals surface area contributed by atoms with E-state index in [1.54, 1.807) is 19.1 Å². The largest absolute Gasteiger partial charge is 0.454 e. The van der Waals surface area contributed by atoms with Crippen LogP contribution in [-0.2, 0) is 0 Å². The number of halogens is 2. The molecule has 4 heteroatoms. The zero-order valence-electron chi connectivity index (χ0n) is 9.61. The van der Waals surface area contributed by atoms with E-state index in [2.05, 4.69) is 0 Å². The maximum absolute atomic E-state index is 13.4. The summed E-state index contributed by atoms with van der Waals surface area (Å²) in [5, 5.41) is 0. The van der Waals surface area contributed by atoms with E-state index in [1.165, 1.54) is 18.2 Å². The fourth-order valence-corrected chi connectivity index (χ4v) is 1.48. The highest BCUT2D eigenvalue weighted by Gasteiger charge is 2.11. The van der Waals surface area contributed by atoms with Crippen molar-refractivity contribution >= 4 is 6.29 Å². The Morgan fingerprint density at radius 1 is 1.11 bits per heavy atom. The lowest BCUT2D eigenvalue weighted by molar-refractivity contribution is 0.112. The number of aryl methyl sites for hydroxylation is 1. The molecule has 18 heavy (non-hydrogen) atoms. The highest BCUT2D eigenvalue weighted by atomic mass is 19.2. The van der Waals surface area contributed by atoms with E-state index < -0.39 is 11.6 Å². The van der Waals surface area contributed by atoms with Crippen LogP contribution in [-0.4, -0.2) is 6.29 Å². The van der Waals surface area contributed by atoms with E-state index in [0.717, 1.165) is 11.6 Å². The standard InChI is InChI=1S/C14H10F2O2/c1-9-5-6-10(8-17)7-13(9)18-12-4-2-3-11(15)14(12)16/h2-8H,1H3. The molecule has 2 aromatic rings. The van der Waals surface area contributed by atoms with Gasteiger partial charge in [-0.3, -0.25) is 4.79 Å². The first-order valence-corrected chi connectivity index (χ1v) is 5.29. The van der Waals surface area contributed by atoms with Crippen molar-refractivity contribution < 1.29 is 18.3 Å². The molecule has 0 amide bonds. The summed E-state index contributed by atoms with van der Waals surface area (Å²) in [6, 6.07) is 8.47. The van der Waals surface area contributed by atoms with Gasteiger partial charge < -0.3 is 4.74 Å². The summed E-state index contributed by atoms with van der Waals surface area (Å²) in [5.41, 5.74) is 1.14. The molecule has 0 spiro atoms. The minimum absolute atomic E-state index is 0.207.